The van der Waals surface area contributed by atoms with Crippen LogP contribution in [0.3, 0.4) is 0 Å². The first-order valence-corrected chi connectivity index (χ1v) is 5.80. The lowest BCUT2D eigenvalue weighted by molar-refractivity contribution is 0.340. The summed E-state index contributed by atoms with van der Waals surface area (Å²) in [5.41, 5.74) is 1.16. The largest absolute Gasteiger partial charge is 0.372 e. The summed E-state index contributed by atoms with van der Waals surface area (Å²) in [4.78, 5) is 8.81. The van der Waals surface area contributed by atoms with Gasteiger partial charge in [0.1, 0.15) is 5.82 Å². The molecular weight excluding hydrogens is 186 g/mol. The smallest absolute Gasteiger partial charge is 0.147 e. The first-order valence-electron chi connectivity index (χ1n) is 5.80. The molecule has 0 aromatic carbocycles. The molecule has 1 aliphatic carbocycles. The van der Waals surface area contributed by atoms with Crippen LogP contribution in [0.1, 0.15) is 44.2 Å². The molecule has 0 bridgehead atoms. The molecule has 0 spiro atoms. The average Bonchev–Trinajstić information content (AvgIpc) is 2.29. The second-order valence-corrected chi connectivity index (χ2v) is 4.51. The lowest BCUT2D eigenvalue weighted by Gasteiger charge is -2.26. The molecule has 1 heterocycles. The molecule has 2 rings (SSSR count). The first-order chi connectivity index (χ1) is 7.31. The minimum absolute atomic E-state index is 0.602. The number of nitrogens with one attached hydrogen (secondary N) is 1. The van der Waals surface area contributed by atoms with Gasteiger partial charge in [0, 0.05) is 25.4 Å². The average molecular weight is 205 g/mol. The zero-order valence-electron chi connectivity index (χ0n) is 9.53. The van der Waals surface area contributed by atoms with Crippen molar-refractivity contribution < 1.29 is 0 Å². The highest BCUT2D eigenvalue weighted by atomic mass is 15.0. The Morgan fingerprint density at radius 2 is 2.07 bits per heavy atom. The van der Waals surface area contributed by atoms with E-state index in [1.165, 1.54) is 25.7 Å². The molecule has 0 radical (unpaired) electrons. The number of rotatable bonds is 2. The van der Waals surface area contributed by atoms with E-state index in [1.54, 1.807) is 12.4 Å². The topological polar surface area (TPSA) is 37.8 Å². The van der Waals surface area contributed by atoms with Crippen LogP contribution in [0, 0.1) is 5.92 Å². The van der Waals surface area contributed by atoms with Gasteiger partial charge in [0.25, 0.3) is 0 Å². The van der Waals surface area contributed by atoms with Gasteiger partial charge in [0.15, 0.2) is 0 Å². The summed E-state index contributed by atoms with van der Waals surface area (Å²) in [6.45, 7) is 2.33. The third-order valence-electron chi connectivity index (χ3n) is 3.29. The second kappa shape index (κ2) is 4.60. The SMILES string of the molecule is CNc1nccnc1C1CCCC(C)C1. The van der Waals surface area contributed by atoms with Crippen molar-refractivity contribution in [2.24, 2.45) is 5.92 Å². The van der Waals surface area contributed by atoms with E-state index in [0.717, 1.165) is 17.4 Å². The molecule has 2 atom stereocenters. The predicted octanol–water partition coefficient (Wildman–Crippen LogP) is 2.81. The standard InChI is InChI=1S/C12H19N3/c1-9-4-3-5-10(8-9)11-12(13-2)15-7-6-14-11/h6-7,9-10H,3-5,8H2,1-2H3,(H,13,15). The molecule has 1 saturated carbocycles. The third-order valence-corrected chi connectivity index (χ3v) is 3.29. The van der Waals surface area contributed by atoms with E-state index in [2.05, 4.69) is 22.2 Å². The summed E-state index contributed by atoms with van der Waals surface area (Å²) in [5, 5.41) is 3.13. The van der Waals surface area contributed by atoms with Gasteiger partial charge in [-0.2, -0.15) is 0 Å². The van der Waals surface area contributed by atoms with Gasteiger partial charge in [-0.3, -0.25) is 4.98 Å². The first kappa shape index (κ1) is 10.4. The van der Waals surface area contributed by atoms with Crippen LogP contribution in [0.2, 0.25) is 0 Å². The Balaban J connectivity index is 2.20. The van der Waals surface area contributed by atoms with Crippen molar-refractivity contribution in [1.82, 2.24) is 9.97 Å². The van der Waals surface area contributed by atoms with Crippen molar-refractivity contribution in [2.45, 2.75) is 38.5 Å². The summed E-state index contributed by atoms with van der Waals surface area (Å²) in [6.07, 6.45) is 8.76. The number of aromatic nitrogens is 2. The predicted molar refractivity (Wildman–Crippen MR) is 62.0 cm³/mol. The van der Waals surface area contributed by atoms with Crippen LogP contribution in [0.5, 0.6) is 0 Å². The Morgan fingerprint density at radius 3 is 2.80 bits per heavy atom. The summed E-state index contributed by atoms with van der Waals surface area (Å²) >= 11 is 0. The number of hydrogen-bond acceptors (Lipinski definition) is 3. The van der Waals surface area contributed by atoms with Crippen LogP contribution in [0.25, 0.3) is 0 Å². The van der Waals surface area contributed by atoms with E-state index in [1.807, 2.05) is 7.05 Å². The van der Waals surface area contributed by atoms with Gasteiger partial charge in [-0.1, -0.05) is 19.8 Å². The van der Waals surface area contributed by atoms with Crippen LogP contribution < -0.4 is 5.32 Å². The van der Waals surface area contributed by atoms with Gasteiger partial charge in [-0.15, -0.1) is 0 Å². The Morgan fingerprint density at radius 1 is 1.27 bits per heavy atom. The molecule has 3 nitrogen and oxygen atoms in total. The van der Waals surface area contributed by atoms with Crippen molar-refractivity contribution >= 4 is 5.82 Å². The minimum atomic E-state index is 0.602. The monoisotopic (exact) mass is 205 g/mol. The van der Waals surface area contributed by atoms with E-state index in [4.69, 9.17) is 0 Å². The van der Waals surface area contributed by atoms with Crippen LogP contribution in [-0.2, 0) is 0 Å². The van der Waals surface area contributed by atoms with Gasteiger partial charge in [-0.05, 0) is 18.8 Å². The Kier molecular flexibility index (Phi) is 3.19. The number of hydrogen-bond donors (Lipinski definition) is 1. The quantitative estimate of drug-likeness (QED) is 0.806. The van der Waals surface area contributed by atoms with E-state index in [-0.39, 0.29) is 0 Å². The molecule has 1 aromatic heterocycles. The highest BCUT2D eigenvalue weighted by molar-refractivity contribution is 5.40. The molecule has 1 fully saturated rings. The summed E-state index contributed by atoms with van der Waals surface area (Å²) in [5.74, 6) is 2.39. The van der Waals surface area contributed by atoms with Crippen molar-refractivity contribution in [3.63, 3.8) is 0 Å². The highest BCUT2D eigenvalue weighted by Crippen LogP contribution is 2.36. The van der Waals surface area contributed by atoms with Gasteiger partial charge in [0.2, 0.25) is 0 Å². The molecule has 1 aromatic rings. The molecule has 0 saturated heterocycles. The summed E-state index contributed by atoms with van der Waals surface area (Å²) in [7, 11) is 1.92. The van der Waals surface area contributed by atoms with Crippen molar-refractivity contribution in [2.75, 3.05) is 12.4 Å². The van der Waals surface area contributed by atoms with Crippen molar-refractivity contribution in [1.29, 1.82) is 0 Å². The lowest BCUT2D eigenvalue weighted by Crippen LogP contribution is -2.15. The van der Waals surface area contributed by atoms with Crippen molar-refractivity contribution in [3.8, 4) is 0 Å². The van der Waals surface area contributed by atoms with E-state index >= 15 is 0 Å². The fraction of sp³-hybridized carbons (Fsp3) is 0.667. The molecule has 0 aliphatic heterocycles. The van der Waals surface area contributed by atoms with E-state index < -0.39 is 0 Å². The zero-order chi connectivity index (χ0) is 10.7. The van der Waals surface area contributed by atoms with Crippen LogP contribution in [-0.4, -0.2) is 17.0 Å². The van der Waals surface area contributed by atoms with Crippen molar-refractivity contribution in [3.05, 3.63) is 18.1 Å². The molecule has 15 heavy (non-hydrogen) atoms. The van der Waals surface area contributed by atoms with E-state index in [0.29, 0.717) is 5.92 Å². The van der Waals surface area contributed by atoms with Crippen LogP contribution in [0.4, 0.5) is 5.82 Å². The van der Waals surface area contributed by atoms with Crippen LogP contribution >= 0.6 is 0 Å². The highest BCUT2D eigenvalue weighted by Gasteiger charge is 2.23. The Bertz CT molecular complexity index is 324. The minimum Gasteiger partial charge on any atom is -0.372 e. The normalized spacial score (nSPS) is 26.3. The van der Waals surface area contributed by atoms with Gasteiger partial charge in [0.05, 0.1) is 5.69 Å². The molecule has 0 amide bonds. The molecule has 2 unspecified atom stereocenters. The molecular formula is C12H19N3. The second-order valence-electron chi connectivity index (χ2n) is 4.51. The van der Waals surface area contributed by atoms with Gasteiger partial charge < -0.3 is 5.32 Å². The number of anilines is 1. The summed E-state index contributed by atoms with van der Waals surface area (Å²) in [6, 6.07) is 0. The third kappa shape index (κ3) is 2.28. The molecule has 82 valence electrons. The fourth-order valence-corrected chi connectivity index (χ4v) is 2.52. The van der Waals surface area contributed by atoms with Gasteiger partial charge in [-0.25, -0.2) is 4.98 Å². The number of nitrogens with zero attached hydrogens (tertiary/aromatic N) is 2. The van der Waals surface area contributed by atoms with Gasteiger partial charge >= 0.3 is 0 Å². The Hall–Kier alpha value is -1.12. The summed E-state index contributed by atoms with van der Waals surface area (Å²) < 4.78 is 0. The fourth-order valence-electron chi connectivity index (χ4n) is 2.52. The van der Waals surface area contributed by atoms with Crippen LogP contribution in [0.15, 0.2) is 12.4 Å². The molecule has 1 N–H and O–H groups in total. The molecule has 1 aliphatic rings. The maximum Gasteiger partial charge on any atom is 0.147 e. The lowest BCUT2D eigenvalue weighted by atomic mass is 9.80. The Labute approximate surface area is 91.3 Å². The maximum atomic E-state index is 4.48. The van der Waals surface area contributed by atoms with E-state index in [9.17, 15) is 0 Å². The zero-order valence-corrected chi connectivity index (χ0v) is 9.53. The molecule has 3 heteroatoms. The maximum absolute atomic E-state index is 4.48.